The van der Waals surface area contributed by atoms with Gasteiger partial charge in [0.15, 0.2) is 0 Å². The highest BCUT2D eigenvalue weighted by Gasteiger charge is 2.23. The molecule has 8 heteroatoms. The van der Waals surface area contributed by atoms with Gasteiger partial charge in [-0.1, -0.05) is 71.3 Å². The number of ether oxygens (including phenoxy) is 1. The van der Waals surface area contributed by atoms with Gasteiger partial charge in [-0.05, 0) is 25.0 Å². The van der Waals surface area contributed by atoms with E-state index in [9.17, 15) is 24.8 Å². The predicted molar refractivity (Wildman–Crippen MR) is 125 cm³/mol. The fraction of sp³-hybridized carbons (Fsp3) is 0.667. The maximum absolute atomic E-state index is 12.9. The lowest BCUT2D eigenvalue weighted by Gasteiger charge is -2.25. The number of carboxylic acid groups (broad SMARTS) is 1. The summed E-state index contributed by atoms with van der Waals surface area (Å²) < 4.78 is 5.47. The van der Waals surface area contributed by atoms with Crippen LogP contribution >= 0.6 is 0 Å². The van der Waals surface area contributed by atoms with E-state index in [1.54, 1.807) is 0 Å². The van der Waals surface area contributed by atoms with Crippen LogP contribution in [-0.4, -0.2) is 41.7 Å². The molecule has 1 aromatic carbocycles. The predicted octanol–water partition coefficient (Wildman–Crippen LogP) is 5.45. The van der Waals surface area contributed by atoms with Gasteiger partial charge in [-0.3, -0.25) is 14.9 Å². The lowest BCUT2D eigenvalue weighted by atomic mass is 10.1. The molecule has 0 unspecified atom stereocenters. The maximum Gasteiger partial charge on any atom is 0.337 e. The second kappa shape index (κ2) is 16.2. The summed E-state index contributed by atoms with van der Waals surface area (Å²) in [6, 6.07) is 4.20. The Morgan fingerprint density at radius 1 is 1.00 bits per heavy atom. The standard InChI is InChI=1S/C24H38N2O6/c1-3-5-7-8-9-10-11-12-15-25(23(27)19-32-16-6-4-2)22-17-20(18-26(30)31)13-14-21(22)24(28)29/h13-14,17H,3-12,15-16,18-19H2,1-2H3,(H,28,29). The molecule has 0 fully saturated rings. The van der Waals surface area contributed by atoms with Crippen molar-refractivity contribution in [1.82, 2.24) is 0 Å². The van der Waals surface area contributed by atoms with Crippen LogP contribution in [0.15, 0.2) is 18.2 Å². The third-order valence-corrected chi connectivity index (χ3v) is 5.30. The summed E-state index contributed by atoms with van der Waals surface area (Å²) in [6.45, 7) is 4.45. The molecule has 0 bridgehead atoms. The van der Waals surface area contributed by atoms with Crippen LogP contribution in [0.3, 0.4) is 0 Å². The van der Waals surface area contributed by atoms with Crippen molar-refractivity contribution in [1.29, 1.82) is 0 Å². The lowest BCUT2D eigenvalue weighted by molar-refractivity contribution is -0.496. The van der Waals surface area contributed by atoms with Gasteiger partial charge in [0.05, 0.1) is 11.3 Å². The van der Waals surface area contributed by atoms with Crippen molar-refractivity contribution in [2.24, 2.45) is 0 Å². The van der Waals surface area contributed by atoms with Gasteiger partial charge < -0.3 is 14.7 Å². The van der Waals surface area contributed by atoms with Crippen LogP contribution in [-0.2, 0) is 16.1 Å². The quantitative estimate of drug-likeness (QED) is 0.181. The minimum absolute atomic E-state index is 0.0430. The normalized spacial score (nSPS) is 10.8. The number of hydrogen-bond acceptors (Lipinski definition) is 5. The summed E-state index contributed by atoms with van der Waals surface area (Å²) in [5.41, 5.74) is 0.512. The van der Waals surface area contributed by atoms with Gasteiger partial charge in [0, 0.05) is 23.6 Å². The molecular weight excluding hydrogens is 412 g/mol. The summed E-state index contributed by atoms with van der Waals surface area (Å²) in [7, 11) is 0. The Hall–Kier alpha value is -2.48. The number of nitrogens with zero attached hydrogens (tertiary/aromatic N) is 2. The SMILES string of the molecule is CCCCCCCCCCN(C(=O)COCCCC)c1cc(C[N+](=O)[O-])ccc1C(=O)O. The zero-order valence-electron chi connectivity index (χ0n) is 19.5. The van der Waals surface area contributed by atoms with Crippen LogP contribution in [0, 0.1) is 10.1 Å². The van der Waals surface area contributed by atoms with Crippen molar-refractivity contribution >= 4 is 17.6 Å². The molecule has 0 aliphatic rings. The highest BCUT2D eigenvalue weighted by Crippen LogP contribution is 2.25. The molecule has 1 aromatic rings. The number of unbranched alkanes of at least 4 members (excludes halogenated alkanes) is 8. The average Bonchev–Trinajstić information content (AvgIpc) is 2.75. The molecule has 0 heterocycles. The van der Waals surface area contributed by atoms with E-state index in [-0.39, 0.29) is 23.8 Å². The maximum atomic E-state index is 12.9. The number of hydrogen-bond donors (Lipinski definition) is 1. The number of benzene rings is 1. The summed E-state index contributed by atoms with van der Waals surface area (Å²) in [5, 5.41) is 20.6. The zero-order chi connectivity index (χ0) is 23.8. The third kappa shape index (κ3) is 10.7. The Morgan fingerprint density at radius 2 is 1.62 bits per heavy atom. The van der Waals surface area contributed by atoms with Gasteiger partial charge in [-0.2, -0.15) is 0 Å². The third-order valence-electron chi connectivity index (χ3n) is 5.30. The van der Waals surface area contributed by atoms with Crippen molar-refractivity contribution in [2.45, 2.75) is 84.6 Å². The Bertz CT molecular complexity index is 722. The molecule has 8 nitrogen and oxygen atoms in total. The van der Waals surface area contributed by atoms with Gasteiger partial charge in [-0.15, -0.1) is 0 Å². The van der Waals surface area contributed by atoms with Crippen LogP contribution in [0.5, 0.6) is 0 Å². The van der Waals surface area contributed by atoms with Crippen LogP contribution in [0.25, 0.3) is 0 Å². The van der Waals surface area contributed by atoms with E-state index in [2.05, 4.69) is 6.92 Å². The second-order valence-electron chi connectivity index (χ2n) is 8.07. The van der Waals surface area contributed by atoms with Crippen molar-refractivity contribution in [3.63, 3.8) is 0 Å². The molecular formula is C24H38N2O6. The summed E-state index contributed by atoms with van der Waals surface area (Å²) in [4.78, 5) is 36.6. The largest absolute Gasteiger partial charge is 0.478 e. The molecule has 0 aliphatic carbocycles. The number of carboxylic acids is 1. The van der Waals surface area contributed by atoms with Gasteiger partial charge in [0.2, 0.25) is 6.54 Å². The fourth-order valence-corrected chi connectivity index (χ4v) is 3.50. The molecule has 0 radical (unpaired) electrons. The second-order valence-corrected chi connectivity index (χ2v) is 8.07. The highest BCUT2D eigenvalue weighted by atomic mass is 16.6. The Labute approximate surface area is 191 Å². The van der Waals surface area contributed by atoms with Crippen LogP contribution < -0.4 is 4.90 Å². The molecule has 1 rings (SSSR count). The summed E-state index contributed by atoms with van der Waals surface area (Å²) >= 11 is 0. The molecule has 180 valence electrons. The van der Waals surface area contributed by atoms with E-state index in [4.69, 9.17) is 4.74 Å². The number of nitro groups is 1. The van der Waals surface area contributed by atoms with Gasteiger partial charge in [0.25, 0.3) is 5.91 Å². The van der Waals surface area contributed by atoms with E-state index in [1.165, 1.54) is 48.8 Å². The van der Waals surface area contributed by atoms with Gasteiger partial charge in [-0.25, -0.2) is 4.79 Å². The van der Waals surface area contributed by atoms with E-state index < -0.39 is 17.4 Å². The molecule has 1 amide bonds. The first-order valence-corrected chi connectivity index (χ1v) is 11.8. The number of carbonyl (C=O) groups excluding carboxylic acids is 1. The molecule has 0 aliphatic heterocycles. The minimum Gasteiger partial charge on any atom is -0.478 e. The zero-order valence-corrected chi connectivity index (χ0v) is 19.5. The first-order valence-electron chi connectivity index (χ1n) is 11.8. The van der Waals surface area contributed by atoms with Gasteiger partial charge in [0.1, 0.15) is 6.61 Å². The first-order chi connectivity index (χ1) is 15.4. The number of carbonyl (C=O) groups is 2. The van der Waals surface area contributed by atoms with Crippen LogP contribution in [0.4, 0.5) is 5.69 Å². The smallest absolute Gasteiger partial charge is 0.337 e. The average molecular weight is 451 g/mol. The van der Waals surface area contributed by atoms with E-state index in [0.29, 0.717) is 18.7 Å². The van der Waals surface area contributed by atoms with E-state index in [0.717, 1.165) is 38.5 Å². The summed E-state index contributed by atoms with van der Waals surface area (Å²) in [6.07, 6.45) is 10.5. The Morgan fingerprint density at radius 3 is 2.22 bits per heavy atom. The molecule has 1 N–H and O–H groups in total. The molecule has 0 saturated heterocycles. The monoisotopic (exact) mass is 450 g/mol. The minimum atomic E-state index is -1.17. The van der Waals surface area contributed by atoms with Crippen molar-refractivity contribution in [3.8, 4) is 0 Å². The van der Waals surface area contributed by atoms with Crippen molar-refractivity contribution < 1.29 is 24.4 Å². The molecule has 32 heavy (non-hydrogen) atoms. The molecule has 0 saturated carbocycles. The number of aromatic carboxylic acids is 1. The Balaban J connectivity index is 2.92. The number of rotatable bonds is 18. The van der Waals surface area contributed by atoms with Crippen LogP contribution in [0.2, 0.25) is 0 Å². The molecule has 0 atom stereocenters. The van der Waals surface area contributed by atoms with E-state index in [1.807, 2.05) is 6.92 Å². The lowest BCUT2D eigenvalue weighted by Crippen LogP contribution is -2.36. The molecule has 0 spiro atoms. The van der Waals surface area contributed by atoms with Crippen molar-refractivity contribution in [2.75, 3.05) is 24.7 Å². The molecule has 0 aromatic heterocycles. The van der Waals surface area contributed by atoms with Gasteiger partial charge >= 0.3 is 5.97 Å². The Kier molecular flexibility index (Phi) is 13.9. The van der Waals surface area contributed by atoms with Crippen molar-refractivity contribution in [3.05, 3.63) is 39.4 Å². The summed E-state index contributed by atoms with van der Waals surface area (Å²) in [5.74, 6) is -1.50. The van der Waals surface area contributed by atoms with Crippen LogP contribution in [0.1, 0.15) is 94.0 Å². The number of anilines is 1. The topological polar surface area (TPSA) is 110 Å². The number of amides is 1. The fourth-order valence-electron chi connectivity index (χ4n) is 3.50. The highest BCUT2D eigenvalue weighted by molar-refractivity contribution is 6.02. The first kappa shape index (κ1) is 27.6. The van der Waals surface area contributed by atoms with E-state index >= 15 is 0 Å².